The molecule has 44 heavy (non-hydrogen) atoms. The Bertz CT molecular complexity index is 480. The molecule has 0 aromatic heterocycles. The molecule has 0 heteroatoms. The monoisotopic (exact) mass is 619 g/mol. The van der Waals surface area contributed by atoms with Crippen LogP contribution in [-0.2, 0) is 0 Å². The largest absolute Gasteiger partial charge is 0.0654 e. The Labute approximate surface area is 282 Å². The Balaban J connectivity index is 4.57. The predicted molar refractivity (Wildman–Crippen MR) is 205 cm³/mol. The minimum absolute atomic E-state index is 1.02. The average molecular weight is 619 g/mol. The van der Waals surface area contributed by atoms with Gasteiger partial charge in [-0.25, -0.2) is 0 Å². The first kappa shape index (κ1) is 44.0. The molecule has 0 aliphatic heterocycles. The van der Waals surface area contributed by atoms with Crippen molar-refractivity contribution in [2.45, 2.75) is 272 Å². The van der Waals surface area contributed by atoms with Gasteiger partial charge in [0.15, 0.2) is 0 Å². The van der Waals surface area contributed by atoms with Crippen LogP contribution in [0.5, 0.6) is 0 Å². The van der Waals surface area contributed by atoms with Crippen LogP contribution in [0.15, 0.2) is 0 Å². The second kappa shape index (κ2) is 39.2. The van der Waals surface area contributed by atoms with E-state index in [1.807, 2.05) is 0 Å². The van der Waals surface area contributed by atoms with Crippen molar-refractivity contribution < 1.29 is 0 Å². The van der Waals surface area contributed by atoms with Crippen LogP contribution < -0.4 is 0 Å². The molecule has 0 aromatic rings. The summed E-state index contributed by atoms with van der Waals surface area (Å²) in [6.07, 6.45) is 56.3. The van der Waals surface area contributed by atoms with E-state index in [2.05, 4.69) is 27.7 Å². The summed E-state index contributed by atoms with van der Waals surface area (Å²) in [4.78, 5) is 0. The maximum Gasteiger partial charge on any atom is -0.0414 e. The van der Waals surface area contributed by atoms with Gasteiger partial charge in [0.25, 0.3) is 0 Å². The topological polar surface area (TPSA) is 0 Å². The van der Waals surface area contributed by atoms with Gasteiger partial charge in [-0.2, -0.15) is 0 Å². The van der Waals surface area contributed by atoms with E-state index in [1.54, 1.807) is 12.8 Å². The zero-order valence-corrected chi connectivity index (χ0v) is 32.0. The molecule has 0 aromatic carbocycles. The zero-order chi connectivity index (χ0) is 32.0. The lowest BCUT2D eigenvalue weighted by Gasteiger charge is -2.22. The SMILES string of the molecule is CCCCCCCCCCCCC(CCCCCCCCCC)CCC(CCCCCCCC)CCCCCCCCCC. The molecule has 0 bridgehead atoms. The van der Waals surface area contributed by atoms with Crippen LogP contribution in [0.25, 0.3) is 0 Å². The van der Waals surface area contributed by atoms with E-state index in [0.717, 1.165) is 11.8 Å². The predicted octanol–water partition coefficient (Wildman–Crippen LogP) is 17.1. The van der Waals surface area contributed by atoms with E-state index in [1.165, 1.54) is 231 Å². The Morgan fingerprint density at radius 2 is 0.341 bits per heavy atom. The number of hydrogen-bond acceptors (Lipinski definition) is 0. The molecular formula is C44H90. The summed E-state index contributed by atoms with van der Waals surface area (Å²) in [5.74, 6) is 2.05. The fraction of sp³-hybridized carbons (Fsp3) is 1.00. The highest BCUT2D eigenvalue weighted by Crippen LogP contribution is 2.30. The van der Waals surface area contributed by atoms with Crippen molar-refractivity contribution in [1.29, 1.82) is 0 Å². The summed E-state index contributed by atoms with van der Waals surface area (Å²) in [5.41, 5.74) is 0. The third-order valence-corrected chi connectivity index (χ3v) is 10.8. The Morgan fingerprint density at radius 3 is 0.523 bits per heavy atom. The van der Waals surface area contributed by atoms with Crippen molar-refractivity contribution in [1.82, 2.24) is 0 Å². The molecule has 0 nitrogen and oxygen atoms in total. The van der Waals surface area contributed by atoms with Crippen LogP contribution in [0.2, 0.25) is 0 Å². The Morgan fingerprint density at radius 1 is 0.182 bits per heavy atom. The van der Waals surface area contributed by atoms with E-state index in [-0.39, 0.29) is 0 Å². The third-order valence-electron chi connectivity index (χ3n) is 10.8. The van der Waals surface area contributed by atoms with Crippen molar-refractivity contribution in [3.63, 3.8) is 0 Å². The Hall–Kier alpha value is 0. The first-order valence-electron chi connectivity index (χ1n) is 21.8. The maximum absolute atomic E-state index is 2.35. The second-order valence-electron chi connectivity index (χ2n) is 15.4. The summed E-state index contributed by atoms with van der Waals surface area (Å²) in [7, 11) is 0. The molecule has 0 aliphatic rings. The van der Waals surface area contributed by atoms with Gasteiger partial charge in [0, 0.05) is 0 Å². The maximum atomic E-state index is 2.35. The molecule has 0 aliphatic carbocycles. The van der Waals surface area contributed by atoms with Gasteiger partial charge in [-0.1, -0.05) is 272 Å². The van der Waals surface area contributed by atoms with Crippen LogP contribution >= 0.6 is 0 Å². The van der Waals surface area contributed by atoms with Gasteiger partial charge in [0.05, 0.1) is 0 Å². The molecule has 0 N–H and O–H groups in total. The van der Waals surface area contributed by atoms with Gasteiger partial charge >= 0.3 is 0 Å². The first-order chi connectivity index (χ1) is 21.8. The number of unbranched alkanes of at least 4 members (excludes halogenated alkanes) is 28. The number of rotatable bonds is 39. The van der Waals surface area contributed by atoms with Crippen LogP contribution in [0.4, 0.5) is 0 Å². The fourth-order valence-corrected chi connectivity index (χ4v) is 7.61. The molecule has 0 heterocycles. The van der Waals surface area contributed by atoms with E-state index in [0.29, 0.717) is 0 Å². The smallest absolute Gasteiger partial charge is 0.0414 e. The summed E-state index contributed by atoms with van der Waals surface area (Å²) in [6.45, 7) is 9.35. The lowest BCUT2D eigenvalue weighted by atomic mass is 9.84. The van der Waals surface area contributed by atoms with Crippen molar-refractivity contribution >= 4 is 0 Å². The molecule has 266 valence electrons. The minimum Gasteiger partial charge on any atom is -0.0654 e. The van der Waals surface area contributed by atoms with E-state index in [4.69, 9.17) is 0 Å². The summed E-state index contributed by atoms with van der Waals surface area (Å²) in [5, 5.41) is 0. The van der Waals surface area contributed by atoms with Gasteiger partial charge in [0.2, 0.25) is 0 Å². The zero-order valence-electron chi connectivity index (χ0n) is 32.0. The van der Waals surface area contributed by atoms with Gasteiger partial charge in [-0.15, -0.1) is 0 Å². The van der Waals surface area contributed by atoms with Crippen LogP contribution in [0, 0.1) is 11.8 Å². The van der Waals surface area contributed by atoms with Crippen molar-refractivity contribution in [2.75, 3.05) is 0 Å². The molecular weight excluding hydrogens is 528 g/mol. The van der Waals surface area contributed by atoms with Crippen molar-refractivity contribution in [3.8, 4) is 0 Å². The number of hydrogen-bond donors (Lipinski definition) is 0. The molecule has 0 radical (unpaired) electrons. The molecule has 2 atom stereocenters. The standard InChI is InChI=1S/C44H90/c1-5-9-13-17-21-24-25-28-32-36-40-44(39-35-31-27-23-19-15-11-7-3)42-41-43(37-33-29-20-16-12-8-4)38-34-30-26-22-18-14-10-6-2/h43-44H,5-42H2,1-4H3. The highest BCUT2D eigenvalue weighted by Gasteiger charge is 2.14. The average Bonchev–Trinajstić information content (AvgIpc) is 3.03. The van der Waals surface area contributed by atoms with Gasteiger partial charge in [0.1, 0.15) is 0 Å². The highest BCUT2D eigenvalue weighted by molar-refractivity contribution is 4.67. The van der Waals surface area contributed by atoms with E-state index < -0.39 is 0 Å². The molecule has 0 saturated carbocycles. The molecule has 2 unspecified atom stereocenters. The van der Waals surface area contributed by atoms with E-state index >= 15 is 0 Å². The van der Waals surface area contributed by atoms with Gasteiger partial charge < -0.3 is 0 Å². The van der Waals surface area contributed by atoms with Gasteiger partial charge in [-0.05, 0) is 11.8 Å². The quantitative estimate of drug-likeness (QED) is 0.0601. The van der Waals surface area contributed by atoms with Crippen LogP contribution in [0.1, 0.15) is 272 Å². The second-order valence-corrected chi connectivity index (χ2v) is 15.4. The molecule has 0 rings (SSSR count). The molecule has 0 saturated heterocycles. The van der Waals surface area contributed by atoms with Crippen LogP contribution in [-0.4, -0.2) is 0 Å². The third kappa shape index (κ3) is 34.9. The van der Waals surface area contributed by atoms with Crippen molar-refractivity contribution in [2.24, 2.45) is 11.8 Å². The fourth-order valence-electron chi connectivity index (χ4n) is 7.61. The minimum atomic E-state index is 1.02. The molecule has 0 fully saturated rings. The van der Waals surface area contributed by atoms with E-state index in [9.17, 15) is 0 Å². The summed E-state index contributed by atoms with van der Waals surface area (Å²) >= 11 is 0. The molecule has 0 spiro atoms. The highest BCUT2D eigenvalue weighted by atomic mass is 14.2. The first-order valence-corrected chi connectivity index (χ1v) is 21.8. The van der Waals surface area contributed by atoms with Gasteiger partial charge in [-0.3, -0.25) is 0 Å². The van der Waals surface area contributed by atoms with Crippen LogP contribution in [0.3, 0.4) is 0 Å². The molecule has 0 amide bonds. The normalized spacial score (nSPS) is 13.1. The lowest BCUT2D eigenvalue weighted by molar-refractivity contribution is 0.308. The summed E-state index contributed by atoms with van der Waals surface area (Å²) in [6, 6.07) is 0. The Kier molecular flexibility index (Phi) is 39.2. The summed E-state index contributed by atoms with van der Waals surface area (Å²) < 4.78 is 0. The lowest BCUT2D eigenvalue weighted by Crippen LogP contribution is -2.07. The van der Waals surface area contributed by atoms with Crippen molar-refractivity contribution in [3.05, 3.63) is 0 Å².